The molecule has 7 nitrogen and oxygen atoms in total. The molecule has 2 aromatic rings. The van der Waals surface area contributed by atoms with E-state index in [-0.39, 0.29) is 29.8 Å². The second-order valence-electron chi connectivity index (χ2n) is 5.86. The second kappa shape index (κ2) is 9.70. The van der Waals surface area contributed by atoms with E-state index in [1.165, 1.54) is 6.07 Å². The van der Waals surface area contributed by atoms with Crippen LogP contribution < -0.4 is 10.2 Å². The van der Waals surface area contributed by atoms with Gasteiger partial charge in [0.2, 0.25) is 0 Å². The zero-order valence-corrected chi connectivity index (χ0v) is 17.4. The normalized spacial score (nSPS) is 15.0. The number of aromatic nitrogens is 3. The number of piperazine rings is 1. The molecule has 26 heavy (non-hydrogen) atoms. The summed E-state index contributed by atoms with van der Waals surface area (Å²) in [5.41, 5.74) is 0.668. The van der Waals surface area contributed by atoms with Crippen molar-refractivity contribution in [3.8, 4) is 0 Å². The minimum absolute atomic E-state index is 0. The maximum atomic E-state index is 13.9. The molecule has 0 amide bonds. The maximum Gasteiger partial charge on any atom is 0.194 e. The van der Waals surface area contributed by atoms with Crippen LogP contribution in [-0.2, 0) is 13.1 Å². The number of halogens is 2. The molecule has 0 atom stereocenters. The van der Waals surface area contributed by atoms with Crippen molar-refractivity contribution in [2.75, 3.05) is 38.1 Å². The van der Waals surface area contributed by atoms with Crippen molar-refractivity contribution >= 4 is 35.6 Å². The third-order valence-corrected chi connectivity index (χ3v) is 4.43. The van der Waals surface area contributed by atoms with E-state index in [1.54, 1.807) is 19.4 Å². The summed E-state index contributed by atoms with van der Waals surface area (Å²) in [5, 5.41) is 11.4. The number of nitrogens with one attached hydrogen (secondary N) is 1. The van der Waals surface area contributed by atoms with Crippen LogP contribution in [0.2, 0.25) is 0 Å². The van der Waals surface area contributed by atoms with Crippen molar-refractivity contribution in [2.45, 2.75) is 20.0 Å². The second-order valence-corrected chi connectivity index (χ2v) is 5.86. The molecule has 0 bridgehead atoms. The van der Waals surface area contributed by atoms with Gasteiger partial charge >= 0.3 is 0 Å². The molecule has 0 unspecified atom stereocenters. The van der Waals surface area contributed by atoms with Crippen LogP contribution in [-0.4, -0.2) is 58.9 Å². The molecule has 1 aromatic heterocycles. The average Bonchev–Trinajstić information content (AvgIpc) is 3.11. The predicted octanol–water partition coefficient (Wildman–Crippen LogP) is 1.95. The number of nitrogens with zero attached hydrogens (tertiary/aromatic N) is 6. The zero-order valence-electron chi connectivity index (χ0n) is 15.1. The number of rotatable bonds is 4. The van der Waals surface area contributed by atoms with Crippen LogP contribution in [0.15, 0.2) is 35.6 Å². The molecule has 142 valence electrons. The SMILES string of the molecule is CCn1cnnc1CNC(=NC)N1CCN(c2ccccc2F)CC1.I. The summed E-state index contributed by atoms with van der Waals surface area (Å²) in [6.07, 6.45) is 1.73. The van der Waals surface area contributed by atoms with Crippen molar-refractivity contribution in [1.29, 1.82) is 0 Å². The Morgan fingerprint density at radius 1 is 1.23 bits per heavy atom. The first-order valence-corrected chi connectivity index (χ1v) is 8.54. The molecular formula is C17H25FIN7. The lowest BCUT2D eigenvalue weighted by Crippen LogP contribution is -2.52. The summed E-state index contributed by atoms with van der Waals surface area (Å²) >= 11 is 0. The van der Waals surface area contributed by atoms with Gasteiger partial charge in [-0.2, -0.15) is 0 Å². The van der Waals surface area contributed by atoms with Crippen LogP contribution in [0.5, 0.6) is 0 Å². The molecule has 2 heterocycles. The predicted molar refractivity (Wildman–Crippen MR) is 111 cm³/mol. The number of hydrogen-bond donors (Lipinski definition) is 1. The smallest absolute Gasteiger partial charge is 0.194 e. The van der Waals surface area contributed by atoms with Gasteiger partial charge < -0.3 is 19.7 Å². The van der Waals surface area contributed by atoms with Gasteiger partial charge in [-0.15, -0.1) is 34.2 Å². The van der Waals surface area contributed by atoms with E-state index in [1.807, 2.05) is 16.7 Å². The van der Waals surface area contributed by atoms with E-state index in [4.69, 9.17) is 0 Å². The first kappa shape index (κ1) is 20.4. The van der Waals surface area contributed by atoms with Crippen molar-refractivity contribution < 1.29 is 4.39 Å². The van der Waals surface area contributed by atoms with Crippen molar-refractivity contribution in [3.05, 3.63) is 42.2 Å². The lowest BCUT2D eigenvalue weighted by Gasteiger charge is -2.37. The Morgan fingerprint density at radius 3 is 2.62 bits per heavy atom. The number of benzene rings is 1. The van der Waals surface area contributed by atoms with Crippen molar-refractivity contribution in [2.24, 2.45) is 4.99 Å². The molecule has 0 saturated carbocycles. The monoisotopic (exact) mass is 473 g/mol. The summed E-state index contributed by atoms with van der Waals surface area (Å²) in [7, 11) is 1.77. The summed E-state index contributed by atoms with van der Waals surface area (Å²) < 4.78 is 15.9. The van der Waals surface area contributed by atoms with Crippen molar-refractivity contribution in [1.82, 2.24) is 25.0 Å². The highest BCUT2D eigenvalue weighted by Crippen LogP contribution is 2.20. The molecule has 0 aliphatic carbocycles. The summed E-state index contributed by atoms with van der Waals surface area (Å²) in [5.74, 6) is 1.55. The minimum Gasteiger partial charge on any atom is -0.366 e. The average molecular weight is 473 g/mol. The van der Waals surface area contributed by atoms with E-state index in [0.717, 1.165) is 44.5 Å². The molecule has 1 aliphatic rings. The maximum absolute atomic E-state index is 13.9. The van der Waals surface area contributed by atoms with Crippen LogP contribution in [0, 0.1) is 5.82 Å². The Balaban J connectivity index is 0.00000243. The van der Waals surface area contributed by atoms with Crippen LogP contribution in [0.4, 0.5) is 10.1 Å². The molecule has 9 heteroatoms. The fourth-order valence-corrected chi connectivity index (χ4v) is 3.04. The number of para-hydroxylation sites is 1. The van der Waals surface area contributed by atoms with Gasteiger partial charge in [0.05, 0.1) is 12.2 Å². The van der Waals surface area contributed by atoms with Gasteiger partial charge in [0.25, 0.3) is 0 Å². The number of guanidine groups is 1. The minimum atomic E-state index is -0.169. The number of aryl methyl sites for hydroxylation is 1. The van der Waals surface area contributed by atoms with E-state index in [0.29, 0.717) is 12.2 Å². The molecule has 1 N–H and O–H groups in total. The summed E-state index contributed by atoms with van der Waals surface area (Å²) in [6.45, 7) is 6.56. The number of anilines is 1. The van der Waals surface area contributed by atoms with E-state index in [2.05, 4.69) is 37.2 Å². The quantitative estimate of drug-likeness (QED) is 0.418. The van der Waals surface area contributed by atoms with Crippen LogP contribution in [0.3, 0.4) is 0 Å². The highest BCUT2D eigenvalue weighted by atomic mass is 127. The molecule has 1 aromatic carbocycles. The Labute approximate surface area is 170 Å². The van der Waals surface area contributed by atoms with Gasteiger partial charge in [-0.3, -0.25) is 4.99 Å². The standard InChI is InChI=1S/C17H24FN7.HI/c1-3-23-13-21-22-16(23)12-20-17(19-2)25-10-8-24(9-11-25)15-7-5-4-6-14(15)18;/h4-7,13H,3,8-12H2,1-2H3,(H,19,20);1H. The molecular weight excluding hydrogens is 448 g/mol. The van der Waals surface area contributed by atoms with Gasteiger partial charge in [-0.1, -0.05) is 12.1 Å². The lowest BCUT2D eigenvalue weighted by molar-refractivity contribution is 0.370. The first-order valence-electron chi connectivity index (χ1n) is 8.54. The highest BCUT2D eigenvalue weighted by Gasteiger charge is 2.21. The first-order chi connectivity index (χ1) is 12.2. The number of aliphatic imine (C=N–C) groups is 1. The topological polar surface area (TPSA) is 61.6 Å². The van der Waals surface area contributed by atoms with Gasteiger partial charge in [0.15, 0.2) is 11.8 Å². The Hall–Kier alpha value is -1.91. The van der Waals surface area contributed by atoms with Gasteiger partial charge in [0, 0.05) is 39.8 Å². The number of hydrogen-bond acceptors (Lipinski definition) is 4. The zero-order chi connectivity index (χ0) is 17.6. The largest absolute Gasteiger partial charge is 0.366 e. The Kier molecular flexibility index (Phi) is 7.61. The molecule has 0 spiro atoms. The Bertz CT molecular complexity index is 725. The third kappa shape index (κ3) is 4.63. The van der Waals surface area contributed by atoms with Crippen molar-refractivity contribution in [3.63, 3.8) is 0 Å². The van der Waals surface area contributed by atoms with Crippen LogP contribution >= 0.6 is 24.0 Å². The summed E-state index contributed by atoms with van der Waals surface area (Å²) in [6, 6.07) is 6.92. The Morgan fingerprint density at radius 2 is 1.96 bits per heavy atom. The molecule has 3 rings (SSSR count). The van der Waals surface area contributed by atoms with E-state index in [9.17, 15) is 4.39 Å². The summed E-state index contributed by atoms with van der Waals surface area (Å²) in [4.78, 5) is 8.62. The fraction of sp³-hybridized carbons (Fsp3) is 0.471. The molecule has 0 radical (unpaired) electrons. The van der Waals surface area contributed by atoms with Crippen LogP contribution in [0.1, 0.15) is 12.7 Å². The molecule has 1 aliphatic heterocycles. The highest BCUT2D eigenvalue weighted by molar-refractivity contribution is 14.0. The third-order valence-electron chi connectivity index (χ3n) is 4.43. The van der Waals surface area contributed by atoms with E-state index >= 15 is 0 Å². The van der Waals surface area contributed by atoms with Gasteiger partial charge in [0.1, 0.15) is 12.1 Å². The van der Waals surface area contributed by atoms with Crippen LogP contribution in [0.25, 0.3) is 0 Å². The fourth-order valence-electron chi connectivity index (χ4n) is 3.04. The lowest BCUT2D eigenvalue weighted by atomic mass is 10.2. The van der Waals surface area contributed by atoms with Gasteiger partial charge in [-0.05, 0) is 19.1 Å². The molecule has 1 saturated heterocycles. The van der Waals surface area contributed by atoms with Gasteiger partial charge in [-0.25, -0.2) is 4.39 Å². The van der Waals surface area contributed by atoms with E-state index < -0.39 is 0 Å². The molecule has 1 fully saturated rings.